The van der Waals surface area contributed by atoms with Crippen molar-refractivity contribution in [1.29, 1.82) is 0 Å². The molecule has 0 aliphatic rings. The lowest BCUT2D eigenvalue weighted by Crippen LogP contribution is -2.07. The molecule has 0 saturated carbocycles. The molecule has 0 saturated heterocycles. The van der Waals surface area contributed by atoms with Crippen LogP contribution in [0.25, 0.3) is 0 Å². The number of terminal acetylenes is 1. The number of benzene rings is 1. The fourth-order valence-corrected chi connectivity index (χ4v) is 1.26. The quantitative estimate of drug-likeness (QED) is 0.692. The lowest BCUT2D eigenvalue weighted by Gasteiger charge is -2.06. The van der Waals surface area contributed by atoms with Gasteiger partial charge in [-0.2, -0.15) is 0 Å². The minimum absolute atomic E-state index is 0.490. The topological polar surface area (TPSA) is 26.0 Å². The monoisotopic (exact) mass is 199 g/mol. The second kappa shape index (κ2) is 3.82. The Kier molecular flexibility index (Phi) is 2.99. The molecule has 2 N–H and O–H groups in total. The molecule has 0 aromatic heterocycles. The van der Waals surface area contributed by atoms with E-state index in [-0.39, 0.29) is 0 Å². The van der Waals surface area contributed by atoms with Gasteiger partial charge in [-0.3, -0.25) is 0 Å². The molecule has 0 radical (unpaired) electrons. The van der Waals surface area contributed by atoms with Crippen molar-refractivity contribution in [2.45, 2.75) is 6.04 Å². The van der Waals surface area contributed by atoms with E-state index in [0.717, 1.165) is 0 Å². The van der Waals surface area contributed by atoms with Crippen LogP contribution >= 0.6 is 23.2 Å². The normalized spacial score (nSPS) is 12.2. The summed E-state index contributed by atoms with van der Waals surface area (Å²) in [5.41, 5.74) is 6.27. The Morgan fingerprint density at radius 1 is 1.42 bits per heavy atom. The van der Waals surface area contributed by atoms with Gasteiger partial charge in [-0.15, -0.1) is 6.42 Å². The van der Waals surface area contributed by atoms with E-state index in [9.17, 15) is 0 Å². The van der Waals surface area contributed by atoms with Gasteiger partial charge >= 0.3 is 0 Å². The Hall–Kier alpha value is -0.680. The number of hydrogen-bond donors (Lipinski definition) is 1. The van der Waals surface area contributed by atoms with E-state index < -0.39 is 6.04 Å². The van der Waals surface area contributed by atoms with Crippen molar-refractivity contribution in [2.75, 3.05) is 0 Å². The maximum Gasteiger partial charge on any atom is 0.0933 e. The molecule has 1 nitrogen and oxygen atoms in total. The van der Waals surface area contributed by atoms with Gasteiger partial charge in [0, 0.05) is 15.6 Å². The van der Waals surface area contributed by atoms with Crippen molar-refractivity contribution in [3.05, 3.63) is 33.8 Å². The molecule has 1 atom stereocenters. The second-order valence-corrected chi connectivity index (χ2v) is 3.15. The first kappa shape index (κ1) is 9.41. The smallest absolute Gasteiger partial charge is 0.0933 e. The van der Waals surface area contributed by atoms with Crippen LogP contribution in [-0.4, -0.2) is 0 Å². The SMILES string of the molecule is C#CC(N)c1cc(Cl)ccc1Cl. The van der Waals surface area contributed by atoms with Gasteiger partial charge in [0.25, 0.3) is 0 Å². The van der Waals surface area contributed by atoms with E-state index >= 15 is 0 Å². The Morgan fingerprint density at radius 2 is 2.08 bits per heavy atom. The van der Waals surface area contributed by atoms with Gasteiger partial charge in [0.15, 0.2) is 0 Å². The summed E-state index contributed by atoms with van der Waals surface area (Å²) < 4.78 is 0. The average molecular weight is 200 g/mol. The van der Waals surface area contributed by atoms with Gasteiger partial charge in [-0.25, -0.2) is 0 Å². The highest BCUT2D eigenvalue weighted by molar-refractivity contribution is 6.33. The van der Waals surface area contributed by atoms with Crippen LogP contribution in [-0.2, 0) is 0 Å². The lowest BCUT2D eigenvalue weighted by molar-refractivity contribution is 0.947. The van der Waals surface area contributed by atoms with Crippen molar-refractivity contribution in [2.24, 2.45) is 5.73 Å². The van der Waals surface area contributed by atoms with E-state index in [1.807, 2.05) is 0 Å². The summed E-state index contributed by atoms with van der Waals surface area (Å²) >= 11 is 11.6. The number of nitrogens with two attached hydrogens (primary N) is 1. The molecule has 0 aliphatic carbocycles. The zero-order chi connectivity index (χ0) is 9.14. The molecular weight excluding hydrogens is 193 g/mol. The molecule has 62 valence electrons. The lowest BCUT2D eigenvalue weighted by atomic mass is 10.1. The molecule has 1 aromatic carbocycles. The predicted octanol–water partition coefficient (Wildman–Crippen LogP) is 2.63. The van der Waals surface area contributed by atoms with Gasteiger partial charge in [0.2, 0.25) is 0 Å². The van der Waals surface area contributed by atoms with Crippen LogP contribution in [0.3, 0.4) is 0 Å². The van der Waals surface area contributed by atoms with Gasteiger partial charge in [0.05, 0.1) is 6.04 Å². The summed E-state index contributed by atoms with van der Waals surface area (Å²) in [7, 11) is 0. The fraction of sp³-hybridized carbons (Fsp3) is 0.111. The summed E-state index contributed by atoms with van der Waals surface area (Å²) in [5, 5.41) is 1.13. The van der Waals surface area contributed by atoms with Crippen LogP contribution < -0.4 is 5.73 Å². The number of hydrogen-bond acceptors (Lipinski definition) is 1. The van der Waals surface area contributed by atoms with Crippen molar-refractivity contribution < 1.29 is 0 Å². The molecular formula is C9H7Cl2N. The van der Waals surface area contributed by atoms with Crippen LogP contribution in [0.15, 0.2) is 18.2 Å². The summed E-state index contributed by atoms with van der Waals surface area (Å²) in [6.45, 7) is 0. The predicted molar refractivity (Wildman–Crippen MR) is 52.2 cm³/mol. The molecule has 0 spiro atoms. The Balaban J connectivity index is 3.15. The molecule has 1 unspecified atom stereocenters. The maximum atomic E-state index is 5.84. The fourth-order valence-electron chi connectivity index (χ4n) is 0.843. The second-order valence-electron chi connectivity index (χ2n) is 2.31. The van der Waals surface area contributed by atoms with Crippen LogP contribution in [0.1, 0.15) is 11.6 Å². The van der Waals surface area contributed by atoms with Crippen LogP contribution in [0.4, 0.5) is 0 Å². The third-order valence-corrected chi connectivity index (χ3v) is 2.05. The molecule has 0 fully saturated rings. The molecule has 0 aliphatic heterocycles. The Morgan fingerprint density at radius 3 is 2.67 bits per heavy atom. The molecule has 12 heavy (non-hydrogen) atoms. The average Bonchev–Trinajstić information content (AvgIpc) is 2.08. The summed E-state index contributed by atoms with van der Waals surface area (Å²) in [6, 6.07) is 4.55. The molecule has 0 bridgehead atoms. The highest BCUT2D eigenvalue weighted by Crippen LogP contribution is 2.24. The van der Waals surface area contributed by atoms with E-state index in [2.05, 4.69) is 5.92 Å². The minimum atomic E-state index is -0.490. The van der Waals surface area contributed by atoms with Gasteiger partial charge in [-0.05, 0) is 18.2 Å². The zero-order valence-electron chi connectivity index (χ0n) is 6.22. The van der Waals surface area contributed by atoms with Crippen LogP contribution in [0, 0.1) is 12.3 Å². The third kappa shape index (κ3) is 1.92. The van der Waals surface area contributed by atoms with Crippen molar-refractivity contribution in [3.8, 4) is 12.3 Å². The van der Waals surface area contributed by atoms with Gasteiger partial charge in [0.1, 0.15) is 0 Å². The highest BCUT2D eigenvalue weighted by atomic mass is 35.5. The van der Waals surface area contributed by atoms with Crippen molar-refractivity contribution in [1.82, 2.24) is 0 Å². The first-order chi connectivity index (χ1) is 5.65. The first-order valence-corrected chi connectivity index (χ1v) is 4.07. The minimum Gasteiger partial charge on any atom is -0.314 e. The number of rotatable bonds is 1. The summed E-state index contributed by atoms with van der Waals surface area (Å²) in [4.78, 5) is 0. The maximum absolute atomic E-state index is 5.84. The summed E-state index contributed by atoms with van der Waals surface area (Å²) in [5.74, 6) is 2.38. The first-order valence-electron chi connectivity index (χ1n) is 3.32. The molecule has 3 heteroatoms. The van der Waals surface area contributed by atoms with E-state index in [4.69, 9.17) is 35.4 Å². The van der Waals surface area contributed by atoms with E-state index in [1.54, 1.807) is 18.2 Å². The van der Waals surface area contributed by atoms with E-state index in [0.29, 0.717) is 15.6 Å². The summed E-state index contributed by atoms with van der Waals surface area (Å²) in [6.07, 6.45) is 5.15. The van der Waals surface area contributed by atoms with Crippen LogP contribution in [0.2, 0.25) is 10.0 Å². The third-order valence-electron chi connectivity index (χ3n) is 1.47. The van der Waals surface area contributed by atoms with Gasteiger partial charge < -0.3 is 5.73 Å². The van der Waals surface area contributed by atoms with E-state index in [1.165, 1.54) is 0 Å². The van der Waals surface area contributed by atoms with Crippen molar-refractivity contribution in [3.63, 3.8) is 0 Å². The van der Waals surface area contributed by atoms with Crippen molar-refractivity contribution >= 4 is 23.2 Å². The molecule has 0 heterocycles. The standard InChI is InChI=1S/C9H7Cl2N/c1-2-9(12)7-5-6(10)3-4-8(7)11/h1,3-5,9H,12H2. The van der Waals surface area contributed by atoms with Crippen LogP contribution in [0.5, 0.6) is 0 Å². The molecule has 1 aromatic rings. The molecule has 1 rings (SSSR count). The largest absolute Gasteiger partial charge is 0.314 e. The highest BCUT2D eigenvalue weighted by Gasteiger charge is 2.06. The number of halogens is 2. The Bertz CT molecular complexity index is 328. The molecule has 0 amide bonds. The van der Waals surface area contributed by atoms with Gasteiger partial charge in [-0.1, -0.05) is 29.1 Å². The Labute approximate surface area is 81.5 Å². The zero-order valence-corrected chi connectivity index (χ0v) is 7.73.